The Morgan fingerprint density at radius 2 is 1.33 bits per heavy atom. The van der Waals surface area contributed by atoms with Gasteiger partial charge in [0.1, 0.15) is 4.32 Å². The molecule has 0 unspecified atom stereocenters. The van der Waals surface area contributed by atoms with Gasteiger partial charge in [-0.05, 0) is 25.7 Å². The summed E-state index contributed by atoms with van der Waals surface area (Å²) in [6.45, 7) is 1.34. The molecule has 0 atom stereocenters. The fraction of sp³-hybridized carbons (Fsp3) is 0.727. The van der Waals surface area contributed by atoms with Crippen molar-refractivity contribution >= 4 is 41.1 Å². The van der Waals surface area contributed by atoms with E-state index in [0.717, 1.165) is 12.8 Å². The molecule has 0 spiro atoms. The van der Waals surface area contributed by atoms with Crippen molar-refractivity contribution in [1.29, 1.82) is 0 Å². The highest BCUT2D eigenvalue weighted by atomic mass is 32.1. The molecule has 0 aliphatic carbocycles. The van der Waals surface area contributed by atoms with Crippen molar-refractivity contribution in [3.63, 3.8) is 0 Å². The Morgan fingerprint density at radius 3 is 1.61 bits per heavy atom. The Bertz CT molecular complexity index is 275. The second-order valence-corrected chi connectivity index (χ2v) is 5.08. The zero-order chi connectivity index (χ0) is 14.0. The number of nitrogens with zero attached hydrogens (tertiary/aromatic N) is 1. The van der Waals surface area contributed by atoms with Gasteiger partial charge in [-0.1, -0.05) is 12.2 Å². The average molecular weight is 293 g/mol. The molecule has 0 amide bonds. The third-order valence-electron chi connectivity index (χ3n) is 2.41. The molecule has 5 nitrogen and oxygen atoms in total. The van der Waals surface area contributed by atoms with E-state index in [2.05, 4.69) is 12.6 Å². The second-order valence-electron chi connectivity index (χ2n) is 3.97. The van der Waals surface area contributed by atoms with Crippen LogP contribution in [0.4, 0.5) is 0 Å². The minimum atomic E-state index is -0.795. The standard InChI is InChI=1S/C11H19NO4S2/c13-9(14)5-1-3-7-12(11(17)18)8-4-2-6-10(15)16/h1-8H2,(H,13,14)(H,15,16)(H,17,18). The molecule has 0 bridgehead atoms. The van der Waals surface area contributed by atoms with Gasteiger partial charge in [0.25, 0.3) is 0 Å². The van der Waals surface area contributed by atoms with Crippen molar-refractivity contribution in [2.24, 2.45) is 0 Å². The molecule has 0 fully saturated rings. The van der Waals surface area contributed by atoms with E-state index in [1.54, 1.807) is 0 Å². The Kier molecular flexibility index (Phi) is 9.67. The maximum atomic E-state index is 10.3. The molecule has 0 rings (SSSR count). The predicted molar refractivity (Wildman–Crippen MR) is 76.1 cm³/mol. The van der Waals surface area contributed by atoms with Crippen LogP contribution in [0.5, 0.6) is 0 Å². The van der Waals surface area contributed by atoms with E-state index in [4.69, 9.17) is 22.4 Å². The molecule has 0 radical (unpaired) electrons. The fourth-order valence-electron chi connectivity index (χ4n) is 1.46. The number of aliphatic carboxylic acids is 2. The van der Waals surface area contributed by atoms with Gasteiger partial charge in [0, 0.05) is 25.9 Å². The van der Waals surface area contributed by atoms with Crippen molar-refractivity contribution in [1.82, 2.24) is 4.90 Å². The lowest BCUT2D eigenvalue weighted by Gasteiger charge is -2.22. The van der Waals surface area contributed by atoms with Gasteiger partial charge in [-0.25, -0.2) is 0 Å². The molecule has 0 aromatic carbocycles. The topological polar surface area (TPSA) is 77.8 Å². The summed E-state index contributed by atoms with van der Waals surface area (Å²) in [5.74, 6) is -1.59. The van der Waals surface area contributed by atoms with Crippen LogP contribution in [-0.4, -0.2) is 44.5 Å². The highest BCUT2D eigenvalue weighted by Crippen LogP contribution is 2.06. The number of rotatable bonds is 10. The number of hydrogen-bond donors (Lipinski definition) is 3. The molecule has 0 saturated carbocycles. The number of thiocarbonyl (C=S) groups is 1. The molecule has 0 aliphatic rings. The molecule has 104 valence electrons. The Morgan fingerprint density at radius 1 is 0.944 bits per heavy atom. The van der Waals surface area contributed by atoms with Crippen molar-refractivity contribution in [3.05, 3.63) is 0 Å². The Labute approximate surface area is 118 Å². The molecule has 0 heterocycles. The molecule has 18 heavy (non-hydrogen) atoms. The molecular weight excluding hydrogens is 274 g/mol. The van der Waals surface area contributed by atoms with E-state index < -0.39 is 11.9 Å². The van der Waals surface area contributed by atoms with Crippen LogP contribution < -0.4 is 0 Å². The van der Waals surface area contributed by atoms with Crippen LogP contribution in [0, 0.1) is 0 Å². The summed E-state index contributed by atoms with van der Waals surface area (Å²) in [5.41, 5.74) is 0. The van der Waals surface area contributed by atoms with Crippen LogP contribution in [0.3, 0.4) is 0 Å². The van der Waals surface area contributed by atoms with E-state index in [0.29, 0.717) is 30.3 Å². The minimum Gasteiger partial charge on any atom is -0.481 e. The number of unbranched alkanes of at least 4 members (excludes halogenated alkanes) is 2. The van der Waals surface area contributed by atoms with Gasteiger partial charge in [-0.15, -0.1) is 12.6 Å². The first kappa shape index (κ1) is 17.2. The van der Waals surface area contributed by atoms with Gasteiger partial charge in [-0.2, -0.15) is 0 Å². The highest BCUT2D eigenvalue weighted by Gasteiger charge is 2.07. The van der Waals surface area contributed by atoms with Crippen LogP contribution in [-0.2, 0) is 9.59 Å². The summed E-state index contributed by atoms with van der Waals surface area (Å²) < 4.78 is 0.473. The van der Waals surface area contributed by atoms with Crippen molar-refractivity contribution in [2.75, 3.05) is 13.1 Å². The largest absolute Gasteiger partial charge is 0.481 e. The molecular formula is C11H19NO4S2. The van der Waals surface area contributed by atoms with E-state index >= 15 is 0 Å². The molecule has 2 N–H and O–H groups in total. The predicted octanol–water partition coefficient (Wildman–Crippen LogP) is 2.01. The van der Waals surface area contributed by atoms with Gasteiger partial charge in [0.2, 0.25) is 0 Å². The molecule has 0 aromatic rings. The average Bonchev–Trinajstić information content (AvgIpc) is 2.25. The van der Waals surface area contributed by atoms with Crippen LogP contribution >= 0.6 is 24.8 Å². The summed E-state index contributed by atoms with van der Waals surface area (Å²) in [6, 6.07) is 0. The van der Waals surface area contributed by atoms with Crippen molar-refractivity contribution < 1.29 is 19.8 Å². The number of carboxylic acids is 2. The van der Waals surface area contributed by atoms with E-state index in [-0.39, 0.29) is 12.8 Å². The first-order chi connectivity index (χ1) is 8.43. The van der Waals surface area contributed by atoms with Crippen molar-refractivity contribution in [3.8, 4) is 0 Å². The lowest BCUT2D eigenvalue weighted by Crippen LogP contribution is -2.28. The summed E-state index contributed by atoms with van der Waals surface area (Å²) >= 11 is 9.08. The smallest absolute Gasteiger partial charge is 0.303 e. The summed E-state index contributed by atoms with van der Waals surface area (Å²) in [4.78, 5) is 22.6. The van der Waals surface area contributed by atoms with Crippen LogP contribution in [0.2, 0.25) is 0 Å². The van der Waals surface area contributed by atoms with E-state index in [1.165, 1.54) is 0 Å². The lowest BCUT2D eigenvalue weighted by molar-refractivity contribution is -0.138. The first-order valence-electron chi connectivity index (χ1n) is 5.85. The molecule has 0 saturated heterocycles. The summed E-state index contributed by atoms with van der Waals surface area (Å²) in [7, 11) is 0. The third kappa shape index (κ3) is 10.3. The third-order valence-corrected chi connectivity index (χ3v) is 2.95. The first-order valence-corrected chi connectivity index (χ1v) is 6.70. The van der Waals surface area contributed by atoms with Gasteiger partial charge >= 0.3 is 11.9 Å². The van der Waals surface area contributed by atoms with E-state index in [9.17, 15) is 9.59 Å². The number of hydrogen-bond acceptors (Lipinski definition) is 3. The van der Waals surface area contributed by atoms with Gasteiger partial charge in [0.15, 0.2) is 0 Å². The Hall–Kier alpha value is -0.820. The maximum Gasteiger partial charge on any atom is 0.303 e. The minimum absolute atomic E-state index is 0.159. The van der Waals surface area contributed by atoms with Crippen molar-refractivity contribution in [2.45, 2.75) is 38.5 Å². The van der Waals surface area contributed by atoms with Crippen LogP contribution in [0.25, 0.3) is 0 Å². The normalized spacial score (nSPS) is 10.1. The Balaban J connectivity index is 3.75. The number of carbonyl (C=O) groups is 2. The molecule has 0 aromatic heterocycles. The highest BCUT2D eigenvalue weighted by molar-refractivity contribution is 8.10. The summed E-state index contributed by atoms with van der Waals surface area (Å²) in [5, 5.41) is 17.0. The van der Waals surface area contributed by atoms with E-state index in [1.807, 2.05) is 4.90 Å². The van der Waals surface area contributed by atoms with Gasteiger partial charge < -0.3 is 15.1 Å². The quantitative estimate of drug-likeness (QED) is 0.325. The lowest BCUT2D eigenvalue weighted by atomic mass is 10.2. The zero-order valence-electron chi connectivity index (χ0n) is 10.2. The number of carboxylic acid groups (broad SMARTS) is 2. The van der Waals surface area contributed by atoms with Crippen LogP contribution in [0.1, 0.15) is 38.5 Å². The van der Waals surface area contributed by atoms with Crippen LogP contribution in [0.15, 0.2) is 0 Å². The molecule has 7 heteroatoms. The van der Waals surface area contributed by atoms with Gasteiger partial charge in [-0.3, -0.25) is 9.59 Å². The molecule has 0 aliphatic heterocycles. The fourth-order valence-corrected chi connectivity index (χ4v) is 1.84. The zero-order valence-corrected chi connectivity index (χ0v) is 11.9. The monoisotopic (exact) mass is 293 g/mol. The second kappa shape index (κ2) is 10.1. The number of thiol groups is 1. The van der Waals surface area contributed by atoms with Gasteiger partial charge in [0.05, 0.1) is 0 Å². The SMILES string of the molecule is O=C(O)CCCCN(CCCCC(=O)O)C(=S)S. The summed E-state index contributed by atoms with van der Waals surface area (Å²) in [6.07, 6.45) is 3.02. The maximum absolute atomic E-state index is 10.3.